The lowest BCUT2D eigenvalue weighted by molar-refractivity contribution is 0.301. The van der Waals surface area contributed by atoms with Crippen LogP contribution in [0.15, 0.2) is 24.3 Å². The molecule has 0 aliphatic heterocycles. The second-order valence-electron chi connectivity index (χ2n) is 4.88. The standard InChI is InChI=1S/C14H12ClF3IN3O3S/c15-8-5-7(19)1-2-10(8)21-14-9(16)6-11(12(17)13(14)18)22-26(24,25)20-3-4-23/h1-2,5-6,20-23H,3-4H2. The van der Waals surface area contributed by atoms with Gasteiger partial charge in [0.05, 0.1) is 23.0 Å². The predicted octanol–water partition coefficient (Wildman–Crippen LogP) is 3.34. The topological polar surface area (TPSA) is 90.5 Å². The molecular formula is C14H12ClF3IN3O3S. The van der Waals surface area contributed by atoms with Crippen molar-refractivity contribution in [2.45, 2.75) is 0 Å². The number of hydrogen-bond acceptors (Lipinski definition) is 4. The van der Waals surface area contributed by atoms with Crippen LogP contribution in [0.4, 0.5) is 30.2 Å². The summed E-state index contributed by atoms with van der Waals surface area (Å²) < 4.78 is 70.1. The number of aliphatic hydroxyl groups excluding tert-OH is 1. The van der Waals surface area contributed by atoms with Gasteiger partial charge in [0.15, 0.2) is 17.5 Å². The van der Waals surface area contributed by atoms with E-state index in [1.807, 2.05) is 27.3 Å². The summed E-state index contributed by atoms with van der Waals surface area (Å²) in [7, 11) is -4.31. The smallest absolute Gasteiger partial charge is 0.299 e. The largest absolute Gasteiger partial charge is 0.395 e. The molecule has 4 N–H and O–H groups in total. The number of anilines is 3. The zero-order chi connectivity index (χ0) is 19.5. The molecule has 0 atom stereocenters. The van der Waals surface area contributed by atoms with Gasteiger partial charge in [-0.15, -0.1) is 0 Å². The summed E-state index contributed by atoms with van der Waals surface area (Å²) in [5.41, 5.74) is -1.61. The highest BCUT2D eigenvalue weighted by atomic mass is 127. The maximum absolute atomic E-state index is 14.2. The van der Waals surface area contributed by atoms with Crippen LogP contribution in [0.3, 0.4) is 0 Å². The highest BCUT2D eigenvalue weighted by molar-refractivity contribution is 14.1. The average molecular weight is 522 g/mol. The Morgan fingerprint density at radius 3 is 2.42 bits per heavy atom. The van der Waals surface area contributed by atoms with E-state index in [9.17, 15) is 21.6 Å². The van der Waals surface area contributed by atoms with E-state index in [0.29, 0.717) is 6.07 Å². The van der Waals surface area contributed by atoms with Gasteiger partial charge in [0.25, 0.3) is 10.2 Å². The summed E-state index contributed by atoms with van der Waals surface area (Å²) in [4.78, 5) is 0. The highest BCUT2D eigenvalue weighted by Gasteiger charge is 2.22. The summed E-state index contributed by atoms with van der Waals surface area (Å²) in [6.07, 6.45) is 0. The second kappa shape index (κ2) is 8.61. The Bertz CT molecular complexity index is 931. The molecule has 12 heteroatoms. The van der Waals surface area contributed by atoms with Crippen LogP contribution in [-0.2, 0) is 10.2 Å². The fraction of sp³-hybridized carbons (Fsp3) is 0.143. The van der Waals surface area contributed by atoms with Gasteiger partial charge >= 0.3 is 0 Å². The molecule has 0 fully saturated rings. The van der Waals surface area contributed by atoms with Crippen LogP contribution in [-0.4, -0.2) is 26.7 Å². The molecule has 2 aromatic rings. The van der Waals surface area contributed by atoms with E-state index in [4.69, 9.17) is 16.7 Å². The molecule has 0 amide bonds. The zero-order valence-electron chi connectivity index (χ0n) is 12.8. The van der Waals surface area contributed by atoms with Gasteiger partial charge in [-0.3, -0.25) is 4.72 Å². The average Bonchev–Trinajstić information content (AvgIpc) is 2.56. The van der Waals surface area contributed by atoms with Crippen molar-refractivity contribution in [3.05, 3.63) is 50.3 Å². The fourth-order valence-electron chi connectivity index (χ4n) is 1.87. The van der Waals surface area contributed by atoms with Crippen molar-refractivity contribution in [3.63, 3.8) is 0 Å². The van der Waals surface area contributed by atoms with Crippen LogP contribution in [0.1, 0.15) is 0 Å². The van der Waals surface area contributed by atoms with Gasteiger partial charge in [-0.05, 0) is 40.8 Å². The van der Waals surface area contributed by atoms with E-state index in [1.165, 1.54) is 12.1 Å². The Kier molecular flexibility index (Phi) is 6.96. The van der Waals surface area contributed by atoms with Crippen molar-refractivity contribution in [2.75, 3.05) is 23.2 Å². The van der Waals surface area contributed by atoms with Gasteiger partial charge < -0.3 is 10.4 Å². The maximum atomic E-state index is 14.2. The molecule has 6 nitrogen and oxygen atoms in total. The van der Waals surface area contributed by atoms with E-state index in [2.05, 4.69) is 5.32 Å². The molecule has 0 heterocycles. The van der Waals surface area contributed by atoms with Gasteiger partial charge in [0, 0.05) is 16.2 Å². The van der Waals surface area contributed by atoms with Crippen LogP contribution < -0.4 is 14.8 Å². The molecule has 0 radical (unpaired) electrons. The normalized spacial score (nSPS) is 11.5. The maximum Gasteiger partial charge on any atom is 0.299 e. The van der Waals surface area contributed by atoms with Crippen LogP contribution in [0.25, 0.3) is 0 Å². The fourth-order valence-corrected chi connectivity index (χ4v) is 3.64. The van der Waals surface area contributed by atoms with Gasteiger partial charge in [-0.2, -0.15) is 13.1 Å². The third-order valence-electron chi connectivity index (χ3n) is 3.00. The number of hydrogen-bond donors (Lipinski definition) is 4. The molecular weight excluding hydrogens is 510 g/mol. The van der Waals surface area contributed by atoms with Crippen molar-refractivity contribution in [1.29, 1.82) is 0 Å². The Labute approximate surface area is 166 Å². The Balaban J connectivity index is 2.35. The molecule has 0 aliphatic rings. The molecule has 0 saturated heterocycles. The first-order valence-electron chi connectivity index (χ1n) is 6.92. The first-order valence-corrected chi connectivity index (χ1v) is 9.86. The van der Waals surface area contributed by atoms with E-state index in [1.54, 1.807) is 10.8 Å². The van der Waals surface area contributed by atoms with Crippen LogP contribution >= 0.6 is 34.2 Å². The molecule has 142 valence electrons. The summed E-state index contributed by atoms with van der Waals surface area (Å²) in [6.45, 7) is -0.862. The monoisotopic (exact) mass is 521 g/mol. The molecule has 0 saturated carbocycles. The first-order chi connectivity index (χ1) is 12.1. The zero-order valence-corrected chi connectivity index (χ0v) is 16.5. The summed E-state index contributed by atoms with van der Waals surface area (Å²) in [5.74, 6) is -4.47. The summed E-state index contributed by atoms with van der Waals surface area (Å²) in [5, 5.41) is 11.1. The lowest BCUT2D eigenvalue weighted by Gasteiger charge is -2.14. The Morgan fingerprint density at radius 1 is 1.12 bits per heavy atom. The molecule has 0 spiro atoms. The van der Waals surface area contributed by atoms with Crippen LogP contribution in [0.2, 0.25) is 5.02 Å². The van der Waals surface area contributed by atoms with E-state index < -0.39 is 45.6 Å². The van der Waals surface area contributed by atoms with Crippen molar-refractivity contribution >= 4 is 61.5 Å². The Morgan fingerprint density at radius 2 is 1.81 bits per heavy atom. The molecule has 0 bridgehead atoms. The van der Waals surface area contributed by atoms with Crippen molar-refractivity contribution in [3.8, 4) is 0 Å². The lowest BCUT2D eigenvalue weighted by Crippen LogP contribution is -2.32. The third kappa shape index (κ3) is 5.13. The minimum absolute atomic E-state index is 0.141. The molecule has 2 rings (SSSR count). The number of rotatable bonds is 7. The van der Waals surface area contributed by atoms with E-state index >= 15 is 0 Å². The van der Waals surface area contributed by atoms with Crippen LogP contribution in [0.5, 0.6) is 0 Å². The molecule has 0 aromatic heterocycles. The highest BCUT2D eigenvalue weighted by Crippen LogP contribution is 2.33. The first kappa shape index (κ1) is 21.0. The van der Waals surface area contributed by atoms with Gasteiger partial charge in [0.2, 0.25) is 0 Å². The minimum atomic E-state index is -4.31. The number of halogens is 5. The van der Waals surface area contributed by atoms with Crippen molar-refractivity contribution in [2.24, 2.45) is 0 Å². The van der Waals surface area contributed by atoms with Gasteiger partial charge in [-0.1, -0.05) is 11.6 Å². The quantitative estimate of drug-likeness (QED) is 0.332. The molecule has 26 heavy (non-hydrogen) atoms. The van der Waals surface area contributed by atoms with Crippen molar-refractivity contribution in [1.82, 2.24) is 4.72 Å². The van der Waals surface area contributed by atoms with E-state index in [-0.39, 0.29) is 17.3 Å². The van der Waals surface area contributed by atoms with E-state index in [0.717, 1.165) is 3.57 Å². The summed E-state index contributed by atoms with van der Waals surface area (Å²) in [6, 6.07) is 5.10. The number of nitrogens with one attached hydrogen (secondary N) is 3. The molecule has 2 aromatic carbocycles. The van der Waals surface area contributed by atoms with Crippen molar-refractivity contribution < 1.29 is 26.7 Å². The number of benzene rings is 2. The van der Waals surface area contributed by atoms with Gasteiger partial charge in [0.1, 0.15) is 5.69 Å². The molecule has 0 unspecified atom stereocenters. The number of aliphatic hydroxyl groups is 1. The SMILES string of the molecule is O=S(=O)(NCCO)Nc1cc(F)c(Nc2ccc(I)cc2Cl)c(F)c1F. The third-order valence-corrected chi connectivity index (χ3v) is 5.05. The Hall–Kier alpha value is -1.28. The minimum Gasteiger partial charge on any atom is -0.395 e. The molecule has 0 aliphatic carbocycles. The second-order valence-corrected chi connectivity index (χ2v) is 8.03. The lowest BCUT2D eigenvalue weighted by atomic mass is 10.2. The predicted molar refractivity (Wildman–Crippen MR) is 101 cm³/mol. The summed E-state index contributed by atoms with van der Waals surface area (Å²) >= 11 is 7.96. The van der Waals surface area contributed by atoms with Gasteiger partial charge in [-0.25, -0.2) is 13.2 Å². The van der Waals surface area contributed by atoms with Crippen LogP contribution in [0, 0.1) is 21.0 Å².